The summed E-state index contributed by atoms with van der Waals surface area (Å²) in [7, 11) is 1.81. The minimum Gasteiger partial charge on any atom is -0.367 e. The van der Waals surface area contributed by atoms with Gasteiger partial charge in [0, 0.05) is 44.1 Å². The molecule has 2 heterocycles. The molecule has 1 aromatic carbocycles. The van der Waals surface area contributed by atoms with E-state index in [4.69, 9.17) is 0 Å². The molecule has 1 fully saturated rings. The quantitative estimate of drug-likeness (QED) is 0.806. The summed E-state index contributed by atoms with van der Waals surface area (Å²) in [4.78, 5) is 30.4. The van der Waals surface area contributed by atoms with Crippen molar-refractivity contribution in [2.75, 3.05) is 24.5 Å². The average Bonchev–Trinajstić information content (AvgIpc) is 2.70. The summed E-state index contributed by atoms with van der Waals surface area (Å²) < 4.78 is 1.70. The number of pyridine rings is 1. The van der Waals surface area contributed by atoms with Crippen LogP contribution in [0.15, 0.2) is 35.1 Å². The maximum atomic E-state index is 13.3. The standard InChI is InChI=1S/C23H29N3O2/c1-16-8-4-6-10-20(16)25-12-13-26(17(2)15-25)23(28)19-14-18-9-5-7-11-21(18)24(3)22(19)27/h4,6,8,10,14,17H,5,7,9,11-13,15H2,1-3H3/t17-/m1/s1. The summed E-state index contributed by atoms with van der Waals surface area (Å²) in [5, 5.41) is 0. The van der Waals surface area contributed by atoms with Gasteiger partial charge in [0.1, 0.15) is 5.56 Å². The number of anilines is 1. The Balaban J connectivity index is 1.58. The number of rotatable bonds is 2. The molecule has 0 saturated carbocycles. The highest BCUT2D eigenvalue weighted by atomic mass is 16.2. The Kier molecular flexibility index (Phi) is 5.00. The molecule has 0 unspecified atom stereocenters. The Morgan fingerprint density at radius 2 is 1.86 bits per heavy atom. The van der Waals surface area contributed by atoms with Crippen molar-refractivity contribution in [1.82, 2.24) is 9.47 Å². The third-order valence-electron chi connectivity index (χ3n) is 6.31. The number of piperazine rings is 1. The van der Waals surface area contributed by atoms with Crippen LogP contribution in [0.4, 0.5) is 5.69 Å². The Bertz CT molecular complexity index is 963. The highest BCUT2D eigenvalue weighted by Crippen LogP contribution is 2.25. The van der Waals surface area contributed by atoms with Gasteiger partial charge in [-0.3, -0.25) is 9.59 Å². The highest BCUT2D eigenvalue weighted by molar-refractivity contribution is 5.94. The lowest BCUT2D eigenvalue weighted by atomic mass is 9.94. The molecule has 0 radical (unpaired) electrons. The van der Waals surface area contributed by atoms with E-state index >= 15 is 0 Å². The molecule has 0 spiro atoms. The molecule has 2 aliphatic rings. The van der Waals surface area contributed by atoms with Crippen molar-refractivity contribution in [1.29, 1.82) is 0 Å². The first-order valence-corrected chi connectivity index (χ1v) is 10.3. The third kappa shape index (κ3) is 3.23. The first kappa shape index (κ1) is 18.8. The third-order valence-corrected chi connectivity index (χ3v) is 6.31. The fraction of sp³-hybridized carbons (Fsp3) is 0.478. The number of para-hydroxylation sites is 1. The van der Waals surface area contributed by atoms with Gasteiger partial charge in [0.05, 0.1) is 0 Å². The van der Waals surface area contributed by atoms with E-state index < -0.39 is 0 Å². The van der Waals surface area contributed by atoms with Crippen LogP contribution in [0.2, 0.25) is 0 Å². The van der Waals surface area contributed by atoms with Gasteiger partial charge >= 0.3 is 0 Å². The minimum atomic E-state index is -0.154. The predicted molar refractivity (Wildman–Crippen MR) is 112 cm³/mol. The van der Waals surface area contributed by atoms with Gasteiger partial charge < -0.3 is 14.4 Å². The summed E-state index contributed by atoms with van der Waals surface area (Å²) in [6.45, 7) is 6.39. The largest absolute Gasteiger partial charge is 0.367 e. The van der Waals surface area contributed by atoms with E-state index in [9.17, 15) is 9.59 Å². The van der Waals surface area contributed by atoms with Gasteiger partial charge in [-0.15, -0.1) is 0 Å². The van der Waals surface area contributed by atoms with Crippen LogP contribution < -0.4 is 10.5 Å². The van der Waals surface area contributed by atoms with E-state index in [1.54, 1.807) is 4.57 Å². The van der Waals surface area contributed by atoms with Gasteiger partial charge in [0.2, 0.25) is 0 Å². The van der Waals surface area contributed by atoms with Crippen LogP contribution in [0, 0.1) is 6.92 Å². The number of amides is 1. The molecule has 2 aromatic rings. The van der Waals surface area contributed by atoms with Crippen LogP contribution in [0.25, 0.3) is 0 Å². The van der Waals surface area contributed by atoms with Gasteiger partial charge in [-0.25, -0.2) is 0 Å². The topological polar surface area (TPSA) is 45.5 Å². The fourth-order valence-corrected chi connectivity index (χ4v) is 4.69. The van der Waals surface area contributed by atoms with Gasteiger partial charge in [-0.05, 0) is 62.8 Å². The minimum absolute atomic E-state index is 0.0570. The number of carbonyl (C=O) groups is 1. The lowest BCUT2D eigenvalue weighted by Crippen LogP contribution is -2.55. The Morgan fingerprint density at radius 3 is 2.61 bits per heavy atom. The van der Waals surface area contributed by atoms with Gasteiger partial charge in [-0.2, -0.15) is 0 Å². The highest BCUT2D eigenvalue weighted by Gasteiger charge is 2.31. The number of hydrogen-bond acceptors (Lipinski definition) is 3. The smallest absolute Gasteiger partial charge is 0.263 e. The molecule has 28 heavy (non-hydrogen) atoms. The molecular formula is C23H29N3O2. The summed E-state index contributed by atoms with van der Waals surface area (Å²) in [6, 6.07) is 10.3. The van der Waals surface area contributed by atoms with E-state index in [0.717, 1.165) is 44.5 Å². The number of aryl methyl sites for hydroxylation is 2. The molecule has 0 N–H and O–H groups in total. The second-order valence-electron chi connectivity index (χ2n) is 8.18. The number of benzene rings is 1. The Hall–Kier alpha value is -2.56. The molecule has 1 aliphatic heterocycles. The van der Waals surface area contributed by atoms with Crippen LogP contribution >= 0.6 is 0 Å². The van der Waals surface area contributed by atoms with Crippen molar-refractivity contribution in [3.05, 3.63) is 63.1 Å². The molecule has 1 aromatic heterocycles. The summed E-state index contributed by atoms with van der Waals surface area (Å²) in [6.07, 6.45) is 4.14. The van der Waals surface area contributed by atoms with E-state index in [1.165, 1.54) is 16.8 Å². The van der Waals surface area contributed by atoms with E-state index in [-0.39, 0.29) is 17.5 Å². The molecule has 5 nitrogen and oxygen atoms in total. The lowest BCUT2D eigenvalue weighted by Gasteiger charge is -2.41. The maximum Gasteiger partial charge on any atom is 0.263 e. The number of hydrogen-bond donors (Lipinski definition) is 0. The molecule has 5 heteroatoms. The van der Waals surface area contributed by atoms with Crippen molar-refractivity contribution in [3.8, 4) is 0 Å². The first-order valence-electron chi connectivity index (χ1n) is 10.3. The zero-order chi connectivity index (χ0) is 19.8. The predicted octanol–water partition coefficient (Wildman–Crippen LogP) is 2.92. The normalized spacial score (nSPS) is 19.5. The number of nitrogens with zero attached hydrogens (tertiary/aromatic N) is 3. The average molecular weight is 380 g/mol. The van der Waals surface area contributed by atoms with Crippen LogP contribution in [-0.2, 0) is 19.9 Å². The molecular weight excluding hydrogens is 350 g/mol. The monoisotopic (exact) mass is 379 g/mol. The summed E-state index contributed by atoms with van der Waals surface area (Å²) in [5.74, 6) is -0.120. The number of aromatic nitrogens is 1. The Morgan fingerprint density at radius 1 is 1.11 bits per heavy atom. The van der Waals surface area contributed by atoms with Crippen molar-refractivity contribution >= 4 is 11.6 Å². The molecule has 1 atom stereocenters. The molecule has 4 rings (SSSR count). The van der Waals surface area contributed by atoms with E-state index in [1.807, 2.05) is 24.1 Å². The van der Waals surface area contributed by atoms with Gasteiger partial charge in [-0.1, -0.05) is 18.2 Å². The molecule has 0 bridgehead atoms. The maximum absolute atomic E-state index is 13.3. The first-order chi connectivity index (χ1) is 13.5. The van der Waals surface area contributed by atoms with Crippen molar-refractivity contribution in [3.63, 3.8) is 0 Å². The second-order valence-corrected chi connectivity index (χ2v) is 8.18. The molecule has 1 amide bonds. The van der Waals surface area contributed by atoms with Crippen LogP contribution in [0.5, 0.6) is 0 Å². The van der Waals surface area contributed by atoms with Gasteiger partial charge in [0.25, 0.3) is 11.5 Å². The molecule has 1 aliphatic carbocycles. The zero-order valence-corrected chi connectivity index (χ0v) is 17.1. The van der Waals surface area contributed by atoms with Crippen LogP contribution in [0.1, 0.15) is 46.9 Å². The van der Waals surface area contributed by atoms with Crippen LogP contribution in [-0.4, -0.2) is 41.1 Å². The summed E-state index contributed by atoms with van der Waals surface area (Å²) in [5.41, 5.74) is 4.93. The molecule has 148 valence electrons. The zero-order valence-electron chi connectivity index (χ0n) is 17.1. The SMILES string of the molecule is Cc1ccccc1N1CCN(C(=O)c2cc3c(n(C)c2=O)CCCC3)[C@H](C)C1. The molecule has 1 saturated heterocycles. The van der Waals surface area contributed by atoms with E-state index in [2.05, 4.69) is 36.9 Å². The number of fused-ring (bicyclic) bond motifs is 1. The van der Waals surface area contributed by atoms with E-state index in [0.29, 0.717) is 12.1 Å². The van der Waals surface area contributed by atoms with Crippen molar-refractivity contribution in [2.24, 2.45) is 7.05 Å². The van der Waals surface area contributed by atoms with Crippen LogP contribution in [0.3, 0.4) is 0 Å². The van der Waals surface area contributed by atoms with Crippen molar-refractivity contribution < 1.29 is 4.79 Å². The van der Waals surface area contributed by atoms with Gasteiger partial charge in [0.15, 0.2) is 0 Å². The fourth-order valence-electron chi connectivity index (χ4n) is 4.69. The van der Waals surface area contributed by atoms with Crippen molar-refractivity contribution in [2.45, 2.75) is 45.6 Å². The summed E-state index contributed by atoms with van der Waals surface area (Å²) >= 11 is 0. The number of carbonyl (C=O) groups excluding carboxylic acids is 1. The lowest BCUT2D eigenvalue weighted by molar-refractivity contribution is 0.0671. The second kappa shape index (κ2) is 7.46. The Labute approximate surface area is 166 Å².